The molecule has 8 heteroatoms. The lowest BCUT2D eigenvalue weighted by molar-refractivity contribution is -0.127. The van der Waals surface area contributed by atoms with Gasteiger partial charge in [-0.15, -0.1) is 0 Å². The number of nitrogens with zero attached hydrogens (tertiary/aromatic N) is 2. The van der Waals surface area contributed by atoms with Crippen molar-refractivity contribution in [3.05, 3.63) is 11.4 Å². The summed E-state index contributed by atoms with van der Waals surface area (Å²) in [5, 5.41) is 0. The van der Waals surface area contributed by atoms with Gasteiger partial charge in [-0.25, -0.2) is 0 Å². The van der Waals surface area contributed by atoms with E-state index >= 15 is 0 Å². The SMILES string of the molecule is CN1CN(C)C(C(F)(F)F)=C1C(F)(F)F. The number of alkyl halides is 6. The molecule has 0 bridgehead atoms. The van der Waals surface area contributed by atoms with E-state index in [2.05, 4.69) is 0 Å². The first-order valence-corrected chi connectivity index (χ1v) is 3.86. The largest absolute Gasteiger partial charge is 0.433 e. The molecule has 1 aliphatic rings. The van der Waals surface area contributed by atoms with Crippen LogP contribution in [0.3, 0.4) is 0 Å². The van der Waals surface area contributed by atoms with Gasteiger partial charge in [-0.3, -0.25) is 0 Å². The summed E-state index contributed by atoms with van der Waals surface area (Å²) in [6.45, 7) is -0.427. The molecule has 0 saturated carbocycles. The highest BCUT2D eigenvalue weighted by Gasteiger charge is 2.52. The lowest BCUT2D eigenvalue weighted by Gasteiger charge is -2.18. The van der Waals surface area contributed by atoms with E-state index in [4.69, 9.17) is 0 Å². The maximum absolute atomic E-state index is 12.3. The van der Waals surface area contributed by atoms with Crippen LogP contribution in [0.4, 0.5) is 26.3 Å². The van der Waals surface area contributed by atoms with Gasteiger partial charge < -0.3 is 9.80 Å². The molecule has 0 N–H and O–H groups in total. The van der Waals surface area contributed by atoms with E-state index in [1.165, 1.54) is 0 Å². The fourth-order valence-electron chi connectivity index (χ4n) is 1.52. The lowest BCUT2D eigenvalue weighted by Crippen LogP contribution is -2.27. The monoisotopic (exact) mass is 234 g/mol. The van der Waals surface area contributed by atoms with E-state index in [0.29, 0.717) is 9.80 Å². The summed E-state index contributed by atoms with van der Waals surface area (Å²) in [6.07, 6.45) is -9.99. The molecule has 0 aliphatic carbocycles. The van der Waals surface area contributed by atoms with Gasteiger partial charge in [-0.1, -0.05) is 0 Å². The van der Waals surface area contributed by atoms with E-state index < -0.39 is 30.4 Å². The summed E-state index contributed by atoms with van der Waals surface area (Å²) >= 11 is 0. The van der Waals surface area contributed by atoms with Crippen LogP contribution in [0.1, 0.15) is 0 Å². The Labute approximate surface area is 81.7 Å². The van der Waals surface area contributed by atoms with Crippen LogP contribution in [0.25, 0.3) is 0 Å². The van der Waals surface area contributed by atoms with Gasteiger partial charge in [-0.2, -0.15) is 26.3 Å². The molecule has 15 heavy (non-hydrogen) atoms. The van der Waals surface area contributed by atoms with Crippen molar-refractivity contribution in [1.29, 1.82) is 0 Å². The molecule has 0 amide bonds. The van der Waals surface area contributed by atoms with Crippen molar-refractivity contribution >= 4 is 0 Å². The smallest absolute Gasteiger partial charge is 0.351 e. The van der Waals surface area contributed by atoms with Gasteiger partial charge in [0.15, 0.2) is 0 Å². The Kier molecular flexibility index (Phi) is 2.56. The van der Waals surface area contributed by atoms with Crippen molar-refractivity contribution in [2.75, 3.05) is 20.8 Å². The van der Waals surface area contributed by atoms with Gasteiger partial charge in [0.2, 0.25) is 0 Å². The predicted octanol–water partition coefficient (Wildman–Crippen LogP) is 2.16. The summed E-state index contributed by atoms with van der Waals surface area (Å²) in [7, 11) is 1.94. The second-order valence-corrected chi connectivity index (χ2v) is 3.23. The molecule has 0 spiro atoms. The normalized spacial score (nSPS) is 19.2. The van der Waals surface area contributed by atoms with Crippen LogP contribution in [0.2, 0.25) is 0 Å². The molecule has 1 heterocycles. The number of hydrogen-bond donors (Lipinski definition) is 0. The van der Waals surface area contributed by atoms with E-state index in [9.17, 15) is 26.3 Å². The Hall–Kier alpha value is -1.08. The summed E-state index contributed by atoms with van der Waals surface area (Å²) < 4.78 is 74.0. The maximum atomic E-state index is 12.3. The third-order valence-corrected chi connectivity index (χ3v) is 1.95. The van der Waals surface area contributed by atoms with Crippen LogP contribution in [-0.4, -0.2) is 42.9 Å². The fraction of sp³-hybridized carbons (Fsp3) is 0.714. The highest BCUT2D eigenvalue weighted by molar-refractivity contribution is 5.24. The third kappa shape index (κ3) is 2.13. The average molecular weight is 234 g/mol. The Bertz CT molecular complexity index is 261. The molecular weight excluding hydrogens is 226 g/mol. The van der Waals surface area contributed by atoms with E-state index in [0.717, 1.165) is 14.1 Å². The Morgan fingerprint density at radius 3 is 1.27 bits per heavy atom. The molecule has 1 rings (SSSR count). The zero-order chi connectivity index (χ0) is 12.0. The molecule has 0 aromatic rings. The topological polar surface area (TPSA) is 6.48 Å². The van der Waals surface area contributed by atoms with Gasteiger partial charge in [0.1, 0.15) is 11.4 Å². The fourth-order valence-corrected chi connectivity index (χ4v) is 1.52. The van der Waals surface area contributed by atoms with Crippen molar-refractivity contribution in [3.8, 4) is 0 Å². The molecule has 0 radical (unpaired) electrons. The number of rotatable bonds is 0. The van der Waals surface area contributed by atoms with Crippen molar-refractivity contribution in [1.82, 2.24) is 9.80 Å². The van der Waals surface area contributed by atoms with Crippen LogP contribution in [-0.2, 0) is 0 Å². The van der Waals surface area contributed by atoms with Crippen LogP contribution in [0, 0.1) is 0 Å². The molecular formula is C7H8F6N2. The summed E-state index contributed by atoms with van der Waals surface area (Å²) in [4.78, 5) is 1.06. The Morgan fingerprint density at radius 1 is 0.800 bits per heavy atom. The van der Waals surface area contributed by atoms with Crippen molar-refractivity contribution < 1.29 is 26.3 Å². The lowest BCUT2D eigenvalue weighted by atomic mass is 10.3. The zero-order valence-corrected chi connectivity index (χ0v) is 7.87. The molecule has 1 aliphatic heterocycles. The van der Waals surface area contributed by atoms with Crippen molar-refractivity contribution in [2.45, 2.75) is 12.4 Å². The van der Waals surface area contributed by atoms with Gasteiger partial charge in [0.25, 0.3) is 0 Å². The number of allylic oxidation sites excluding steroid dienone is 2. The third-order valence-electron chi connectivity index (χ3n) is 1.95. The van der Waals surface area contributed by atoms with Gasteiger partial charge in [0, 0.05) is 14.1 Å². The predicted molar refractivity (Wildman–Crippen MR) is 39.5 cm³/mol. The summed E-state index contributed by atoms with van der Waals surface area (Å²) in [5.74, 6) is 0. The zero-order valence-electron chi connectivity index (χ0n) is 7.87. The van der Waals surface area contributed by atoms with Crippen LogP contribution < -0.4 is 0 Å². The molecule has 0 fully saturated rings. The summed E-state index contributed by atoms with van der Waals surface area (Å²) in [5.41, 5.74) is -3.28. The molecule has 0 aromatic heterocycles. The minimum Gasteiger partial charge on any atom is -0.351 e. The molecule has 88 valence electrons. The number of halogens is 6. The molecule has 0 unspecified atom stereocenters. The quantitative estimate of drug-likeness (QED) is 0.592. The maximum Gasteiger partial charge on any atom is 0.433 e. The minimum absolute atomic E-state index is 0.427. The number of hydrogen-bond acceptors (Lipinski definition) is 2. The second kappa shape index (κ2) is 3.21. The first-order valence-electron chi connectivity index (χ1n) is 3.86. The molecule has 0 saturated heterocycles. The first kappa shape index (κ1) is 12.0. The Morgan fingerprint density at radius 2 is 1.07 bits per heavy atom. The highest BCUT2D eigenvalue weighted by atomic mass is 19.4. The van der Waals surface area contributed by atoms with Gasteiger partial charge >= 0.3 is 12.4 Å². The van der Waals surface area contributed by atoms with Gasteiger partial charge in [0.05, 0.1) is 6.67 Å². The van der Waals surface area contributed by atoms with Crippen LogP contribution >= 0.6 is 0 Å². The molecule has 2 nitrogen and oxygen atoms in total. The minimum atomic E-state index is -5.00. The van der Waals surface area contributed by atoms with Crippen molar-refractivity contribution in [2.24, 2.45) is 0 Å². The summed E-state index contributed by atoms with van der Waals surface area (Å²) in [6, 6.07) is 0. The second-order valence-electron chi connectivity index (χ2n) is 3.23. The van der Waals surface area contributed by atoms with Gasteiger partial charge in [-0.05, 0) is 0 Å². The first-order chi connectivity index (χ1) is 6.55. The van der Waals surface area contributed by atoms with E-state index in [1.807, 2.05) is 0 Å². The Balaban J connectivity index is 3.29. The average Bonchev–Trinajstić information content (AvgIpc) is 2.22. The van der Waals surface area contributed by atoms with E-state index in [-0.39, 0.29) is 0 Å². The highest BCUT2D eigenvalue weighted by Crippen LogP contribution is 2.42. The van der Waals surface area contributed by atoms with Crippen LogP contribution in [0.5, 0.6) is 0 Å². The standard InChI is InChI=1S/C7H8F6N2/c1-14-3-15(2)5(7(11,12)13)4(14)6(8,9)10/h3H2,1-2H3. The van der Waals surface area contributed by atoms with E-state index in [1.54, 1.807) is 0 Å². The molecule has 0 aromatic carbocycles. The van der Waals surface area contributed by atoms with Crippen molar-refractivity contribution in [3.63, 3.8) is 0 Å². The van der Waals surface area contributed by atoms with Crippen LogP contribution in [0.15, 0.2) is 11.4 Å². The molecule has 0 atom stereocenters.